The molecular weight excluding hydrogens is 426 g/mol. The standard InChI is InChI=1S/C13H15Br2NO4S/c1-20-13(17)9-3-2-6-16(8-9)21(18,19)12-5-4-10(14)7-11(12)15/h4-5,7,9H,2-3,6,8H2,1H3/t9-/m0/s1. The maximum Gasteiger partial charge on any atom is 0.309 e. The highest BCUT2D eigenvalue weighted by Crippen LogP contribution is 2.30. The van der Waals surface area contributed by atoms with E-state index in [1.807, 2.05) is 0 Å². The molecule has 1 aromatic carbocycles. The van der Waals surface area contributed by atoms with Gasteiger partial charge in [0, 0.05) is 22.0 Å². The van der Waals surface area contributed by atoms with Crippen LogP contribution in [0.3, 0.4) is 0 Å². The molecule has 0 radical (unpaired) electrons. The van der Waals surface area contributed by atoms with Crippen molar-refractivity contribution >= 4 is 47.9 Å². The molecule has 1 atom stereocenters. The number of sulfonamides is 1. The van der Waals surface area contributed by atoms with E-state index in [0.717, 1.165) is 4.47 Å². The average Bonchev–Trinajstić information content (AvgIpc) is 2.46. The number of piperidine rings is 1. The first-order valence-corrected chi connectivity index (χ1v) is 9.42. The molecule has 1 aliphatic heterocycles. The number of benzene rings is 1. The SMILES string of the molecule is COC(=O)[C@H]1CCCN(S(=O)(=O)c2ccc(Br)cc2Br)C1. The van der Waals surface area contributed by atoms with Gasteiger partial charge in [0.25, 0.3) is 0 Å². The van der Waals surface area contributed by atoms with Gasteiger partial charge in [0.2, 0.25) is 10.0 Å². The predicted molar refractivity (Wildman–Crippen MR) is 85.3 cm³/mol. The van der Waals surface area contributed by atoms with Crippen molar-refractivity contribution in [3.63, 3.8) is 0 Å². The largest absolute Gasteiger partial charge is 0.469 e. The van der Waals surface area contributed by atoms with E-state index >= 15 is 0 Å². The number of esters is 1. The summed E-state index contributed by atoms with van der Waals surface area (Å²) in [6, 6.07) is 4.92. The van der Waals surface area contributed by atoms with E-state index in [9.17, 15) is 13.2 Å². The van der Waals surface area contributed by atoms with Crippen LogP contribution in [-0.2, 0) is 19.6 Å². The molecule has 1 aliphatic rings. The van der Waals surface area contributed by atoms with Crippen LogP contribution in [0.5, 0.6) is 0 Å². The molecule has 0 unspecified atom stereocenters. The van der Waals surface area contributed by atoms with Crippen LogP contribution in [0.4, 0.5) is 0 Å². The van der Waals surface area contributed by atoms with Gasteiger partial charge in [0.05, 0.1) is 17.9 Å². The Bertz CT molecular complexity index is 648. The highest BCUT2D eigenvalue weighted by Gasteiger charge is 2.34. The summed E-state index contributed by atoms with van der Waals surface area (Å²) in [6.45, 7) is 0.579. The number of carbonyl (C=O) groups excluding carboxylic acids is 1. The normalized spacial score (nSPS) is 20.2. The lowest BCUT2D eigenvalue weighted by Gasteiger charge is -2.30. The first-order valence-electron chi connectivity index (χ1n) is 6.39. The van der Waals surface area contributed by atoms with Gasteiger partial charge >= 0.3 is 5.97 Å². The molecular formula is C13H15Br2NO4S. The molecule has 2 rings (SSSR count). The quantitative estimate of drug-likeness (QED) is 0.678. The van der Waals surface area contributed by atoms with Crippen molar-refractivity contribution in [2.45, 2.75) is 17.7 Å². The Morgan fingerprint density at radius 2 is 2.10 bits per heavy atom. The van der Waals surface area contributed by atoms with E-state index in [1.54, 1.807) is 18.2 Å². The molecule has 116 valence electrons. The van der Waals surface area contributed by atoms with Crippen LogP contribution in [0, 0.1) is 5.92 Å². The fourth-order valence-electron chi connectivity index (χ4n) is 2.34. The van der Waals surface area contributed by atoms with Crippen LogP contribution >= 0.6 is 31.9 Å². The van der Waals surface area contributed by atoms with Crippen molar-refractivity contribution in [2.75, 3.05) is 20.2 Å². The summed E-state index contributed by atoms with van der Waals surface area (Å²) >= 11 is 6.58. The molecule has 5 nitrogen and oxygen atoms in total. The molecule has 0 aromatic heterocycles. The predicted octanol–water partition coefficient (Wildman–Crippen LogP) is 2.79. The lowest BCUT2D eigenvalue weighted by atomic mass is 10.0. The van der Waals surface area contributed by atoms with Crippen molar-refractivity contribution in [3.05, 3.63) is 27.1 Å². The molecule has 0 saturated carbocycles. The summed E-state index contributed by atoms with van der Waals surface area (Å²) in [6.07, 6.45) is 1.30. The van der Waals surface area contributed by atoms with E-state index < -0.39 is 15.9 Å². The molecule has 1 heterocycles. The van der Waals surface area contributed by atoms with Gasteiger partial charge in [0.1, 0.15) is 0 Å². The second kappa shape index (κ2) is 6.76. The maximum atomic E-state index is 12.7. The van der Waals surface area contributed by atoms with Crippen LogP contribution in [0.1, 0.15) is 12.8 Å². The highest BCUT2D eigenvalue weighted by atomic mass is 79.9. The topological polar surface area (TPSA) is 63.7 Å². The molecule has 1 aromatic rings. The third kappa shape index (κ3) is 3.67. The summed E-state index contributed by atoms with van der Waals surface area (Å²) in [5.41, 5.74) is 0. The zero-order chi connectivity index (χ0) is 15.6. The Kier molecular flexibility index (Phi) is 5.45. The van der Waals surface area contributed by atoms with Crippen molar-refractivity contribution in [1.82, 2.24) is 4.31 Å². The third-order valence-corrected chi connectivity index (χ3v) is 6.77. The summed E-state index contributed by atoms with van der Waals surface area (Å²) in [4.78, 5) is 11.8. The lowest BCUT2D eigenvalue weighted by Crippen LogP contribution is -2.42. The fraction of sp³-hybridized carbons (Fsp3) is 0.462. The molecule has 0 N–H and O–H groups in total. The zero-order valence-electron chi connectivity index (χ0n) is 11.4. The van der Waals surface area contributed by atoms with Crippen molar-refractivity contribution in [3.8, 4) is 0 Å². The monoisotopic (exact) mass is 439 g/mol. The summed E-state index contributed by atoms with van der Waals surface area (Å²) in [5, 5.41) is 0. The Morgan fingerprint density at radius 1 is 1.38 bits per heavy atom. The fourth-order valence-corrected chi connectivity index (χ4v) is 5.57. The number of rotatable bonds is 3. The van der Waals surface area contributed by atoms with Gasteiger partial charge in [-0.2, -0.15) is 4.31 Å². The number of carbonyl (C=O) groups is 1. The van der Waals surface area contributed by atoms with Crippen molar-refractivity contribution in [2.24, 2.45) is 5.92 Å². The molecule has 1 saturated heterocycles. The minimum Gasteiger partial charge on any atom is -0.469 e. The van der Waals surface area contributed by atoms with Gasteiger partial charge in [-0.1, -0.05) is 15.9 Å². The van der Waals surface area contributed by atoms with E-state index in [0.29, 0.717) is 23.9 Å². The third-order valence-electron chi connectivity index (χ3n) is 3.43. The summed E-state index contributed by atoms with van der Waals surface area (Å²) in [7, 11) is -2.31. The van der Waals surface area contributed by atoms with Crippen LogP contribution in [0.15, 0.2) is 32.0 Å². The van der Waals surface area contributed by atoms with Gasteiger partial charge in [-0.15, -0.1) is 0 Å². The average molecular weight is 441 g/mol. The van der Waals surface area contributed by atoms with Gasteiger partial charge in [0.15, 0.2) is 0 Å². The lowest BCUT2D eigenvalue weighted by molar-refractivity contribution is -0.146. The number of methoxy groups -OCH3 is 1. The van der Waals surface area contributed by atoms with Crippen molar-refractivity contribution < 1.29 is 17.9 Å². The Morgan fingerprint density at radius 3 is 2.71 bits per heavy atom. The van der Waals surface area contributed by atoms with Crippen molar-refractivity contribution in [1.29, 1.82) is 0 Å². The second-order valence-corrected chi connectivity index (χ2v) is 8.48. The summed E-state index contributed by atoms with van der Waals surface area (Å²) < 4.78 is 32.8. The molecule has 0 aliphatic carbocycles. The Labute approximate surface area is 141 Å². The smallest absolute Gasteiger partial charge is 0.309 e. The molecule has 0 spiro atoms. The van der Waals surface area contributed by atoms with E-state index in [-0.39, 0.29) is 17.4 Å². The molecule has 0 amide bonds. The zero-order valence-corrected chi connectivity index (χ0v) is 15.4. The molecule has 1 fully saturated rings. The maximum absolute atomic E-state index is 12.7. The minimum absolute atomic E-state index is 0.164. The van der Waals surface area contributed by atoms with Crippen LogP contribution in [-0.4, -0.2) is 38.9 Å². The van der Waals surface area contributed by atoms with E-state index in [1.165, 1.54) is 11.4 Å². The molecule has 21 heavy (non-hydrogen) atoms. The Hall–Kier alpha value is -0.440. The van der Waals surface area contributed by atoms with E-state index in [2.05, 4.69) is 31.9 Å². The number of nitrogens with zero attached hydrogens (tertiary/aromatic N) is 1. The van der Waals surface area contributed by atoms with Gasteiger partial charge < -0.3 is 4.74 Å². The minimum atomic E-state index is -3.63. The van der Waals surface area contributed by atoms with Crippen LogP contribution in [0.25, 0.3) is 0 Å². The number of ether oxygens (including phenoxy) is 1. The number of hydrogen-bond acceptors (Lipinski definition) is 4. The Balaban J connectivity index is 2.28. The highest BCUT2D eigenvalue weighted by molar-refractivity contribution is 9.11. The second-order valence-electron chi connectivity index (χ2n) is 4.80. The van der Waals surface area contributed by atoms with Gasteiger partial charge in [-0.25, -0.2) is 8.42 Å². The van der Waals surface area contributed by atoms with Crippen LogP contribution in [0.2, 0.25) is 0 Å². The van der Waals surface area contributed by atoms with Crippen LogP contribution < -0.4 is 0 Å². The van der Waals surface area contributed by atoms with Gasteiger partial charge in [-0.3, -0.25) is 4.79 Å². The molecule has 0 bridgehead atoms. The van der Waals surface area contributed by atoms with Gasteiger partial charge in [-0.05, 0) is 47.0 Å². The number of hydrogen-bond donors (Lipinski definition) is 0. The summed E-state index contributed by atoms with van der Waals surface area (Å²) in [5.74, 6) is -0.752. The van der Waals surface area contributed by atoms with E-state index in [4.69, 9.17) is 4.74 Å². The molecule has 8 heteroatoms. The number of halogens is 2. The first kappa shape index (κ1) is 16.9. The first-order chi connectivity index (χ1) is 9.86.